The molecule has 4 nitrogen and oxygen atoms in total. The van der Waals surface area contributed by atoms with Crippen LogP contribution in [0.25, 0.3) is 0 Å². The Labute approximate surface area is 117 Å². The molecule has 0 amide bonds. The van der Waals surface area contributed by atoms with Gasteiger partial charge in [-0.2, -0.15) is 0 Å². The van der Waals surface area contributed by atoms with Crippen LogP contribution in [0.5, 0.6) is 0 Å². The molecule has 0 aromatic rings. The molecule has 114 valence electrons. The highest BCUT2D eigenvalue weighted by molar-refractivity contribution is 5.68. The number of carbonyl (C=O) groups is 1. The Hall–Kier alpha value is -0.610. The number of hydrogen-bond acceptors (Lipinski definition) is 4. The van der Waals surface area contributed by atoms with Crippen molar-refractivity contribution in [1.82, 2.24) is 0 Å². The van der Waals surface area contributed by atoms with Crippen LogP contribution in [-0.2, 0) is 19.0 Å². The van der Waals surface area contributed by atoms with Gasteiger partial charge in [0.05, 0.1) is 7.11 Å². The van der Waals surface area contributed by atoms with Gasteiger partial charge in [0, 0.05) is 33.0 Å². The SMILES string of the molecule is CCCCCC(C)C(CCCC(=O)OC)(OC)OC. The van der Waals surface area contributed by atoms with E-state index in [0.717, 1.165) is 6.42 Å². The highest BCUT2D eigenvalue weighted by atomic mass is 16.7. The van der Waals surface area contributed by atoms with Crippen LogP contribution in [0.2, 0.25) is 0 Å². The molecule has 0 radical (unpaired) electrons. The minimum atomic E-state index is -0.582. The fourth-order valence-corrected chi connectivity index (χ4v) is 2.44. The lowest BCUT2D eigenvalue weighted by molar-refractivity contribution is -0.242. The fourth-order valence-electron chi connectivity index (χ4n) is 2.44. The van der Waals surface area contributed by atoms with Crippen LogP contribution in [0.4, 0.5) is 0 Å². The van der Waals surface area contributed by atoms with Gasteiger partial charge < -0.3 is 14.2 Å². The number of rotatable bonds is 11. The van der Waals surface area contributed by atoms with Gasteiger partial charge in [-0.1, -0.05) is 33.1 Å². The van der Waals surface area contributed by atoms with Crippen LogP contribution in [0, 0.1) is 5.92 Å². The Morgan fingerprint density at radius 2 is 1.74 bits per heavy atom. The summed E-state index contributed by atoms with van der Waals surface area (Å²) in [6, 6.07) is 0. The first-order valence-corrected chi connectivity index (χ1v) is 7.23. The van der Waals surface area contributed by atoms with Gasteiger partial charge in [-0.05, 0) is 12.8 Å². The van der Waals surface area contributed by atoms with Crippen molar-refractivity contribution in [3.05, 3.63) is 0 Å². The number of unbranched alkanes of at least 4 members (excludes halogenated alkanes) is 2. The maximum absolute atomic E-state index is 11.2. The first-order chi connectivity index (χ1) is 9.06. The number of carbonyl (C=O) groups excluding carboxylic acids is 1. The molecule has 0 N–H and O–H groups in total. The number of methoxy groups -OCH3 is 3. The predicted molar refractivity (Wildman–Crippen MR) is 75.9 cm³/mol. The van der Waals surface area contributed by atoms with E-state index in [1.807, 2.05) is 0 Å². The summed E-state index contributed by atoms with van der Waals surface area (Å²) in [5, 5.41) is 0. The van der Waals surface area contributed by atoms with E-state index in [4.69, 9.17) is 9.47 Å². The fraction of sp³-hybridized carbons (Fsp3) is 0.933. The van der Waals surface area contributed by atoms with Crippen molar-refractivity contribution in [2.45, 2.75) is 64.6 Å². The average molecular weight is 274 g/mol. The molecule has 4 heteroatoms. The summed E-state index contributed by atoms with van der Waals surface area (Å²) in [6.45, 7) is 4.35. The molecule has 0 bridgehead atoms. The van der Waals surface area contributed by atoms with E-state index >= 15 is 0 Å². The lowest BCUT2D eigenvalue weighted by Crippen LogP contribution is -2.41. The Morgan fingerprint density at radius 1 is 1.11 bits per heavy atom. The van der Waals surface area contributed by atoms with Gasteiger partial charge in [-0.3, -0.25) is 4.79 Å². The molecular weight excluding hydrogens is 244 g/mol. The third kappa shape index (κ3) is 6.39. The van der Waals surface area contributed by atoms with Crippen molar-refractivity contribution < 1.29 is 19.0 Å². The molecule has 0 heterocycles. The van der Waals surface area contributed by atoms with Crippen molar-refractivity contribution in [3.8, 4) is 0 Å². The number of esters is 1. The molecule has 0 saturated heterocycles. The highest BCUT2D eigenvalue weighted by Gasteiger charge is 2.35. The van der Waals surface area contributed by atoms with E-state index in [1.165, 1.54) is 26.4 Å². The smallest absolute Gasteiger partial charge is 0.305 e. The summed E-state index contributed by atoms with van der Waals surface area (Å²) in [5.74, 6) is -0.451. The van der Waals surface area contributed by atoms with Gasteiger partial charge in [0.15, 0.2) is 5.79 Å². The van der Waals surface area contributed by atoms with Gasteiger partial charge in [0.1, 0.15) is 0 Å². The van der Waals surface area contributed by atoms with Gasteiger partial charge in [-0.25, -0.2) is 0 Å². The van der Waals surface area contributed by atoms with E-state index in [-0.39, 0.29) is 5.97 Å². The summed E-state index contributed by atoms with van der Waals surface area (Å²) < 4.78 is 15.9. The molecule has 0 rings (SSSR count). The van der Waals surface area contributed by atoms with Crippen LogP contribution in [0.15, 0.2) is 0 Å². The third-order valence-electron chi connectivity index (χ3n) is 3.82. The Kier molecular flexibility index (Phi) is 9.88. The second kappa shape index (κ2) is 10.2. The maximum Gasteiger partial charge on any atom is 0.305 e. The third-order valence-corrected chi connectivity index (χ3v) is 3.82. The molecular formula is C15H30O4. The van der Waals surface area contributed by atoms with Crippen LogP contribution >= 0.6 is 0 Å². The molecule has 1 unspecified atom stereocenters. The summed E-state index contributed by atoms with van der Waals surface area (Å²) in [4.78, 5) is 11.2. The summed E-state index contributed by atoms with van der Waals surface area (Å²) in [6.07, 6.45) is 6.54. The van der Waals surface area contributed by atoms with E-state index in [0.29, 0.717) is 25.2 Å². The first kappa shape index (κ1) is 18.4. The Bertz CT molecular complexity index is 236. The molecule has 0 aromatic heterocycles. The molecule has 0 aliphatic rings. The Morgan fingerprint density at radius 3 is 2.21 bits per heavy atom. The van der Waals surface area contributed by atoms with Gasteiger partial charge in [0.2, 0.25) is 0 Å². The lowest BCUT2D eigenvalue weighted by atomic mass is 9.90. The topological polar surface area (TPSA) is 44.8 Å². The summed E-state index contributed by atoms with van der Waals surface area (Å²) in [7, 11) is 4.77. The van der Waals surface area contributed by atoms with Gasteiger partial charge in [0.25, 0.3) is 0 Å². The molecule has 1 atom stereocenters. The monoisotopic (exact) mass is 274 g/mol. The first-order valence-electron chi connectivity index (χ1n) is 7.23. The standard InChI is InChI=1S/C15H30O4/c1-6-7-8-10-13(2)15(18-4,19-5)12-9-11-14(16)17-3/h13H,6-12H2,1-5H3. The van der Waals surface area contributed by atoms with E-state index < -0.39 is 5.79 Å². The molecule has 19 heavy (non-hydrogen) atoms. The van der Waals surface area contributed by atoms with Crippen LogP contribution in [0.1, 0.15) is 58.8 Å². The van der Waals surface area contributed by atoms with Crippen LogP contribution in [-0.4, -0.2) is 33.1 Å². The minimum absolute atomic E-state index is 0.181. The summed E-state index contributed by atoms with van der Waals surface area (Å²) in [5.41, 5.74) is 0. The number of hydrogen-bond donors (Lipinski definition) is 0. The largest absolute Gasteiger partial charge is 0.469 e. The van der Waals surface area contributed by atoms with E-state index in [9.17, 15) is 4.79 Å². The predicted octanol–water partition coefficient (Wildman–Crippen LogP) is 3.54. The highest BCUT2D eigenvalue weighted by Crippen LogP contribution is 2.32. The molecule has 0 aliphatic heterocycles. The quantitative estimate of drug-likeness (QED) is 0.328. The Balaban J connectivity index is 4.34. The minimum Gasteiger partial charge on any atom is -0.469 e. The molecule has 0 aromatic carbocycles. The molecule has 0 saturated carbocycles. The normalized spacial score (nSPS) is 13.3. The summed E-state index contributed by atoms with van der Waals surface area (Å²) >= 11 is 0. The van der Waals surface area contributed by atoms with E-state index in [1.54, 1.807) is 14.2 Å². The molecule has 0 spiro atoms. The zero-order chi connectivity index (χ0) is 14.7. The van der Waals surface area contributed by atoms with Crippen molar-refractivity contribution in [1.29, 1.82) is 0 Å². The second-order valence-corrected chi connectivity index (χ2v) is 5.05. The van der Waals surface area contributed by atoms with Crippen LogP contribution < -0.4 is 0 Å². The van der Waals surface area contributed by atoms with Crippen molar-refractivity contribution in [2.75, 3.05) is 21.3 Å². The zero-order valence-corrected chi connectivity index (χ0v) is 13.2. The maximum atomic E-state index is 11.2. The van der Waals surface area contributed by atoms with Gasteiger partial charge >= 0.3 is 5.97 Å². The molecule has 0 aliphatic carbocycles. The average Bonchev–Trinajstić information content (AvgIpc) is 2.43. The van der Waals surface area contributed by atoms with Gasteiger partial charge in [-0.15, -0.1) is 0 Å². The van der Waals surface area contributed by atoms with Crippen LogP contribution in [0.3, 0.4) is 0 Å². The zero-order valence-electron chi connectivity index (χ0n) is 13.2. The lowest BCUT2D eigenvalue weighted by Gasteiger charge is -2.36. The molecule has 0 fully saturated rings. The van der Waals surface area contributed by atoms with Crippen molar-refractivity contribution in [2.24, 2.45) is 5.92 Å². The second-order valence-electron chi connectivity index (χ2n) is 5.05. The van der Waals surface area contributed by atoms with Crippen molar-refractivity contribution >= 4 is 5.97 Å². The van der Waals surface area contributed by atoms with E-state index in [2.05, 4.69) is 18.6 Å². The van der Waals surface area contributed by atoms with Crippen molar-refractivity contribution in [3.63, 3.8) is 0 Å². The number of ether oxygens (including phenoxy) is 3.